The lowest BCUT2D eigenvalue weighted by atomic mass is 10.0. The predicted octanol–water partition coefficient (Wildman–Crippen LogP) is 3.85. The van der Waals surface area contributed by atoms with Gasteiger partial charge in [0, 0.05) is 48.6 Å². The van der Waals surface area contributed by atoms with Crippen molar-refractivity contribution in [3.63, 3.8) is 0 Å². The molecule has 0 saturated heterocycles. The molecule has 4 rings (SSSR count). The fourth-order valence-electron chi connectivity index (χ4n) is 3.84. The summed E-state index contributed by atoms with van der Waals surface area (Å²) in [5.41, 5.74) is 9.68. The van der Waals surface area contributed by atoms with Gasteiger partial charge in [0.25, 0.3) is 5.91 Å². The lowest BCUT2D eigenvalue weighted by Crippen LogP contribution is -2.30. The number of aromatic nitrogens is 4. The van der Waals surface area contributed by atoms with Crippen LogP contribution in [0.1, 0.15) is 48.9 Å². The second-order valence-electron chi connectivity index (χ2n) is 8.13. The number of anilines is 2. The molecule has 36 heavy (non-hydrogen) atoms. The van der Waals surface area contributed by atoms with Crippen LogP contribution in [0.15, 0.2) is 48.8 Å². The molecule has 0 saturated carbocycles. The van der Waals surface area contributed by atoms with Gasteiger partial charge in [-0.05, 0) is 44.2 Å². The van der Waals surface area contributed by atoms with Crippen molar-refractivity contribution >= 4 is 40.2 Å². The molecule has 10 nitrogen and oxygen atoms in total. The molecular weight excluding hydrogens is 456 g/mol. The molecular formula is C26H28N8O2. The molecule has 0 unspecified atom stereocenters. The molecule has 5 N–H and O–H groups in total. The van der Waals surface area contributed by atoms with Crippen molar-refractivity contribution in [2.45, 2.75) is 27.2 Å². The topological polar surface area (TPSA) is 154 Å². The SMILES string of the molecule is CCC(=O)Nc1ccc(-c2cnc(N)c(C(=N)c3nc4c(C(=O)N(CC)CC)cccc4[nH]3)c2)cn1. The monoisotopic (exact) mass is 484 g/mol. The van der Waals surface area contributed by atoms with Gasteiger partial charge in [-0.1, -0.05) is 13.0 Å². The molecule has 3 heterocycles. The summed E-state index contributed by atoms with van der Waals surface area (Å²) >= 11 is 0. The van der Waals surface area contributed by atoms with E-state index in [1.54, 1.807) is 48.5 Å². The minimum absolute atomic E-state index is 0.0547. The molecule has 1 aromatic carbocycles. The summed E-state index contributed by atoms with van der Waals surface area (Å²) in [7, 11) is 0. The number of hydrogen-bond acceptors (Lipinski definition) is 7. The van der Waals surface area contributed by atoms with Crippen LogP contribution >= 0.6 is 0 Å². The van der Waals surface area contributed by atoms with Gasteiger partial charge < -0.3 is 20.9 Å². The Kier molecular flexibility index (Phi) is 7.05. The van der Waals surface area contributed by atoms with Crippen molar-refractivity contribution in [2.75, 3.05) is 24.1 Å². The van der Waals surface area contributed by atoms with Gasteiger partial charge in [-0.2, -0.15) is 0 Å². The minimum Gasteiger partial charge on any atom is -0.383 e. The van der Waals surface area contributed by atoms with Crippen LogP contribution < -0.4 is 11.1 Å². The van der Waals surface area contributed by atoms with Crippen LogP contribution in [0, 0.1) is 5.41 Å². The Hall–Kier alpha value is -4.60. The maximum absolute atomic E-state index is 13.0. The highest BCUT2D eigenvalue weighted by Gasteiger charge is 2.20. The molecule has 0 spiro atoms. The van der Waals surface area contributed by atoms with Crippen molar-refractivity contribution in [1.29, 1.82) is 5.41 Å². The van der Waals surface area contributed by atoms with Gasteiger partial charge in [-0.15, -0.1) is 0 Å². The third-order valence-corrected chi connectivity index (χ3v) is 5.90. The second-order valence-corrected chi connectivity index (χ2v) is 8.13. The number of para-hydroxylation sites is 1. The summed E-state index contributed by atoms with van der Waals surface area (Å²) < 4.78 is 0. The van der Waals surface area contributed by atoms with Crippen LogP contribution in [-0.4, -0.2) is 55.5 Å². The van der Waals surface area contributed by atoms with E-state index in [9.17, 15) is 9.59 Å². The number of aromatic amines is 1. The number of nitrogens with zero attached hydrogens (tertiary/aromatic N) is 4. The fraction of sp³-hybridized carbons (Fsp3) is 0.231. The van der Waals surface area contributed by atoms with E-state index >= 15 is 0 Å². The Bertz CT molecular complexity index is 1440. The van der Waals surface area contributed by atoms with Gasteiger partial charge in [-0.25, -0.2) is 15.0 Å². The summed E-state index contributed by atoms with van der Waals surface area (Å²) in [6.45, 7) is 6.82. The molecule has 0 aliphatic rings. The quantitative estimate of drug-likeness (QED) is 0.279. The number of H-pyrrole nitrogens is 1. The lowest BCUT2D eigenvalue weighted by molar-refractivity contribution is -0.115. The van der Waals surface area contributed by atoms with Crippen LogP contribution in [0.4, 0.5) is 11.6 Å². The average molecular weight is 485 g/mol. The summed E-state index contributed by atoms with van der Waals surface area (Å²) in [5.74, 6) is 0.700. The smallest absolute Gasteiger partial charge is 0.256 e. The zero-order valence-corrected chi connectivity index (χ0v) is 20.4. The summed E-state index contributed by atoms with van der Waals surface area (Å²) in [6.07, 6.45) is 3.59. The number of pyridine rings is 2. The van der Waals surface area contributed by atoms with Crippen LogP contribution in [0.25, 0.3) is 22.2 Å². The second kappa shape index (κ2) is 10.3. The Morgan fingerprint density at radius 1 is 1.03 bits per heavy atom. The number of nitrogen functional groups attached to an aromatic ring is 1. The molecule has 0 fully saturated rings. The predicted molar refractivity (Wildman–Crippen MR) is 140 cm³/mol. The van der Waals surface area contributed by atoms with E-state index in [1.165, 1.54) is 0 Å². The first kappa shape index (κ1) is 24.5. The molecule has 0 atom stereocenters. The number of amides is 2. The van der Waals surface area contributed by atoms with Crippen LogP contribution in [0.3, 0.4) is 0 Å². The minimum atomic E-state index is -0.118. The number of fused-ring (bicyclic) bond motifs is 1. The first-order valence-electron chi connectivity index (χ1n) is 11.7. The van der Waals surface area contributed by atoms with Crippen molar-refractivity contribution in [2.24, 2.45) is 0 Å². The van der Waals surface area contributed by atoms with Crippen molar-refractivity contribution in [3.05, 3.63) is 65.7 Å². The van der Waals surface area contributed by atoms with Gasteiger partial charge >= 0.3 is 0 Å². The van der Waals surface area contributed by atoms with E-state index in [2.05, 4.69) is 25.3 Å². The number of nitrogens with one attached hydrogen (secondary N) is 3. The first-order valence-corrected chi connectivity index (χ1v) is 11.7. The molecule has 0 aliphatic carbocycles. The summed E-state index contributed by atoms with van der Waals surface area (Å²) in [6, 6.07) is 10.6. The molecule has 0 radical (unpaired) electrons. The molecule has 0 bridgehead atoms. The molecule has 2 amide bonds. The maximum atomic E-state index is 13.0. The Balaban J connectivity index is 1.67. The Morgan fingerprint density at radius 3 is 2.44 bits per heavy atom. The third kappa shape index (κ3) is 4.78. The van der Waals surface area contributed by atoms with Gasteiger partial charge in [0.1, 0.15) is 22.9 Å². The highest BCUT2D eigenvalue weighted by molar-refractivity contribution is 6.14. The normalized spacial score (nSPS) is 10.9. The van der Waals surface area contributed by atoms with E-state index in [4.69, 9.17) is 11.1 Å². The third-order valence-electron chi connectivity index (χ3n) is 5.90. The Morgan fingerprint density at radius 2 is 1.78 bits per heavy atom. The number of hydrogen-bond donors (Lipinski definition) is 4. The van der Waals surface area contributed by atoms with Crippen LogP contribution in [0.5, 0.6) is 0 Å². The number of benzene rings is 1. The zero-order chi connectivity index (χ0) is 25.8. The standard InChI is InChI=1S/C26H28N8O2/c1-4-21(35)32-20-11-10-15(13-29-20)16-12-18(24(28)30-14-16)22(27)25-31-19-9-7-8-17(23(19)33-25)26(36)34(5-2)6-3/h7-14,27H,4-6H2,1-3H3,(H2,28,30)(H,31,33)(H,29,32,35). The highest BCUT2D eigenvalue weighted by Crippen LogP contribution is 2.25. The molecule has 4 aromatic rings. The van der Waals surface area contributed by atoms with E-state index in [-0.39, 0.29) is 29.2 Å². The molecule has 10 heteroatoms. The van der Waals surface area contributed by atoms with Gasteiger partial charge in [0.15, 0.2) is 5.82 Å². The van der Waals surface area contributed by atoms with E-state index in [0.717, 1.165) is 5.56 Å². The van der Waals surface area contributed by atoms with Crippen LogP contribution in [-0.2, 0) is 4.79 Å². The van der Waals surface area contributed by atoms with Gasteiger partial charge in [0.2, 0.25) is 5.91 Å². The summed E-state index contributed by atoms with van der Waals surface area (Å²) in [5, 5.41) is 11.5. The maximum Gasteiger partial charge on any atom is 0.256 e. The number of nitrogens with two attached hydrogens (primary N) is 1. The largest absolute Gasteiger partial charge is 0.383 e. The fourth-order valence-corrected chi connectivity index (χ4v) is 3.84. The highest BCUT2D eigenvalue weighted by atomic mass is 16.2. The number of imidazole rings is 1. The van der Waals surface area contributed by atoms with Crippen molar-refractivity contribution < 1.29 is 9.59 Å². The van der Waals surface area contributed by atoms with E-state index in [0.29, 0.717) is 53.1 Å². The van der Waals surface area contributed by atoms with E-state index < -0.39 is 0 Å². The average Bonchev–Trinajstić information content (AvgIpc) is 3.34. The van der Waals surface area contributed by atoms with Gasteiger partial charge in [-0.3, -0.25) is 15.0 Å². The molecule has 0 aliphatic heterocycles. The summed E-state index contributed by atoms with van der Waals surface area (Å²) in [4.78, 5) is 42.6. The number of carbonyl (C=O) groups is 2. The van der Waals surface area contributed by atoms with Crippen LogP contribution in [0.2, 0.25) is 0 Å². The van der Waals surface area contributed by atoms with E-state index in [1.807, 2.05) is 26.0 Å². The van der Waals surface area contributed by atoms with Gasteiger partial charge in [0.05, 0.1) is 11.1 Å². The first-order chi connectivity index (χ1) is 17.4. The van der Waals surface area contributed by atoms with Crippen molar-refractivity contribution in [3.8, 4) is 11.1 Å². The number of carbonyl (C=O) groups excluding carboxylic acids is 2. The lowest BCUT2D eigenvalue weighted by Gasteiger charge is -2.18. The zero-order valence-electron chi connectivity index (χ0n) is 20.4. The Labute approximate surface area is 208 Å². The molecule has 3 aromatic heterocycles. The molecule has 184 valence electrons. The van der Waals surface area contributed by atoms with Crippen molar-refractivity contribution in [1.82, 2.24) is 24.8 Å². The number of rotatable bonds is 8.